The van der Waals surface area contributed by atoms with Crippen LogP contribution in [0.1, 0.15) is 25.3 Å². The molecule has 0 spiro atoms. The first-order valence-electron chi connectivity index (χ1n) is 5.05. The Morgan fingerprint density at radius 1 is 1.40 bits per heavy atom. The molecule has 15 heavy (non-hydrogen) atoms. The van der Waals surface area contributed by atoms with Crippen molar-refractivity contribution in [1.82, 2.24) is 0 Å². The van der Waals surface area contributed by atoms with Crippen LogP contribution in [-0.4, -0.2) is 11.0 Å². The molecule has 3 heteroatoms. The van der Waals surface area contributed by atoms with E-state index in [2.05, 4.69) is 0 Å². The molecule has 0 N–H and O–H groups in total. The van der Waals surface area contributed by atoms with Gasteiger partial charge in [0.2, 0.25) is 6.04 Å². The fourth-order valence-electron chi connectivity index (χ4n) is 1.23. The number of nitro groups is 1. The molecule has 1 aromatic carbocycles. The van der Waals surface area contributed by atoms with Crippen LogP contribution < -0.4 is 0 Å². The average molecular weight is 205 g/mol. The quantitative estimate of drug-likeness (QED) is 0.547. The van der Waals surface area contributed by atoms with E-state index in [0.29, 0.717) is 6.42 Å². The molecule has 0 heterocycles. The molecular weight excluding hydrogens is 190 g/mol. The Labute approximate surface area is 89.6 Å². The van der Waals surface area contributed by atoms with Crippen LogP contribution in [0.15, 0.2) is 36.4 Å². The van der Waals surface area contributed by atoms with Crippen molar-refractivity contribution in [2.24, 2.45) is 0 Å². The third-order valence-corrected chi connectivity index (χ3v) is 2.22. The lowest BCUT2D eigenvalue weighted by molar-refractivity contribution is -0.518. The highest BCUT2D eigenvalue weighted by Gasteiger charge is 2.09. The van der Waals surface area contributed by atoms with Gasteiger partial charge < -0.3 is 0 Å². The van der Waals surface area contributed by atoms with Crippen LogP contribution >= 0.6 is 0 Å². The van der Waals surface area contributed by atoms with Crippen LogP contribution in [0.25, 0.3) is 6.08 Å². The lowest BCUT2D eigenvalue weighted by Gasteiger charge is -1.99. The summed E-state index contributed by atoms with van der Waals surface area (Å²) in [7, 11) is 0. The first kappa shape index (κ1) is 11.4. The van der Waals surface area contributed by atoms with Crippen LogP contribution in [0.5, 0.6) is 0 Å². The normalized spacial score (nSPS) is 12.9. The number of nitrogens with zero attached hydrogens (tertiary/aromatic N) is 1. The SMILES string of the molecule is CC(CC/C=C/c1ccccc1)[N+](=O)[O-]. The van der Waals surface area contributed by atoms with E-state index >= 15 is 0 Å². The first-order chi connectivity index (χ1) is 7.20. The number of hydrogen-bond donors (Lipinski definition) is 0. The van der Waals surface area contributed by atoms with Crippen molar-refractivity contribution in [2.75, 3.05) is 0 Å². The molecule has 0 amide bonds. The Bertz CT molecular complexity index is 333. The maximum absolute atomic E-state index is 10.3. The maximum Gasteiger partial charge on any atom is 0.210 e. The van der Waals surface area contributed by atoms with Gasteiger partial charge in [-0.1, -0.05) is 42.5 Å². The third kappa shape index (κ3) is 4.40. The second kappa shape index (κ2) is 5.96. The van der Waals surface area contributed by atoms with Gasteiger partial charge in [0, 0.05) is 18.3 Å². The molecule has 0 radical (unpaired) electrons. The molecule has 0 saturated heterocycles. The van der Waals surface area contributed by atoms with Gasteiger partial charge in [0.25, 0.3) is 0 Å². The second-order valence-corrected chi connectivity index (χ2v) is 3.52. The minimum absolute atomic E-state index is 0.240. The summed E-state index contributed by atoms with van der Waals surface area (Å²) in [4.78, 5) is 10.1. The zero-order valence-electron chi connectivity index (χ0n) is 8.80. The lowest BCUT2D eigenvalue weighted by atomic mass is 10.1. The Hall–Kier alpha value is -1.64. The predicted octanol–water partition coefficient (Wildman–Crippen LogP) is 3.15. The number of rotatable bonds is 5. The Balaban J connectivity index is 2.32. The van der Waals surface area contributed by atoms with Crippen molar-refractivity contribution in [1.29, 1.82) is 0 Å². The van der Waals surface area contributed by atoms with E-state index in [-0.39, 0.29) is 4.92 Å². The van der Waals surface area contributed by atoms with Crippen molar-refractivity contribution >= 4 is 6.08 Å². The molecule has 0 bridgehead atoms. The summed E-state index contributed by atoms with van der Waals surface area (Å²) in [5.41, 5.74) is 1.13. The maximum atomic E-state index is 10.3. The smallest absolute Gasteiger partial charge is 0.210 e. The largest absolute Gasteiger partial charge is 0.264 e. The highest BCUT2D eigenvalue weighted by atomic mass is 16.6. The standard InChI is InChI=1S/C12H15NO2/c1-11(13(14)15)7-5-6-10-12-8-3-2-4-9-12/h2-4,6,8-11H,5,7H2,1H3/b10-6+. The first-order valence-corrected chi connectivity index (χ1v) is 5.05. The molecule has 80 valence electrons. The summed E-state index contributed by atoms with van der Waals surface area (Å²) in [5.74, 6) is 0. The van der Waals surface area contributed by atoms with Crippen molar-refractivity contribution in [3.63, 3.8) is 0 Å². The van der Waals surface area contributed by atoms with Gasteiger partial charge in [0.05, 0.1) is 0 Å². The molecule has 0 aliphatic carbocycles. The zero-order valence-corrected chi connectivity index (χ0v) is 8.80. The van der Waals surface area contributed by atoms with E-state index in [1.54, 1.807) is 6.92 Å². The lowest BCUT2D eigenvalue weighted by Crippen LogP contribution is -2.13. The van der Waals surface area contributed by atoms with Crippen molar-refractivity contribution in [3.05, 3.63) is 52.1 Å². The van der Waals surface area contributed by atoms with E-state index in [1.165, 1.54) is 0 Å². The van der Waals surface area contributed by atoms with Gasteiger partial charge in [0.1, 0.15) is 0 Å². The fourth-order valence-corrected chi connectivity index (χ4v) is 1.23. The molecule has 1 atom stereocenters. The second-order valence-electron chi connectivity index (χ2n) is 3.52. The molecule has 0 saturated carbocycles. The van der Waals surface area contributed by atoms with Crippen molar-refractivity contribution in [3.8, 4) is 0 Å². The monoisotopic (exact) mass is 205 g/mol. The number of allylic oxidation sites excluding steroid dienone is 1. The molecular formula is C12H15NO2. The van der Waals surface area contributed by atoms with Gasteiger partial charge in [-0.2, -0.15) is 0 Å². The minimum atomic E-state index is -0.453. The van der Waals surface area contributed by atoms with Gasteiger partial charge in [-0.25, -0.2) is 0 Å². The Kier molecular flexibility index (Phi) is 4.54. The van der Waals surface area contributed by atoms with Gasteiger partial charge in [-0.3, -0.25) is 10.1 Å². The molecule has 3 nitrogen and oxygen atoms in total. The predicted molar refractivity (Wildman–Crippen MR) is 61.2 cm³/mol. The summed E-state index contributed by atoms with van der Waals surface area (Å²) in [6.07, 6.45) is 5.31. The number of hydrogen-bond acceptors (Lipinski definition) is 2. The van der Waals surface area contributed by atoms with Crippen LogP contribution in [0.4, 0.5) is 0 Å². The summed E-state index contributed by atoms with van der Waals surface area (Å²) in [6, 6.07) is 9.47. The molecule has 0 fully saturated rings. The molecule has 1 unspecified atom stereocenters. The van der Waals surface area contributed by atoms with E-state index in [9.17, 15) is 10.1 Å². The topological polar surface area (TPSA) is 43.1 Å². The van der Waals surface area contributed by atoms with Gasteiger partial charge in [-0.15, -0.1) is 0 Å². The van der Waals surface area contributed by atoms with E-state index in [0.717, 1.165) is 12.0 Å². The summed E-state index contributed by atoms with van der Waals surface area (Å²) in [6.45, 7) is 1.64. The Morgan fingerprint density at radius 2 is 2.07 bits per heavy atom. The fraction of sp³-hybridized carbons (Fsp3) is 0.333. The minimum Gasteiger partial charge on any atom is -0.264 e. The highest BCUT2D eigenvalue weighted by molar-refractivity contribution is 5.48. The zero-order chi connectivity index (χ0) is 11.1. The van der Waals surface area contributed by atoms with Crippen LogP contribution in [0.3, 0.4) is 0 Å². The number of benzene rings is 1. The average Bonchev–Trinajstić information content (AvgIpc) is 2.25. The Morgan fingerprint density at radius 3 is 2.67 bits per heavy atom. The summed E-state index contributed by atoms with van der Waals surface area (Å²) in [5, 5.41) is 10.3. The highest BCUT2D eigenvalue weighted by Crippen LogP contribution is 2.05. The van der Waals surface area contributed by atoms with Gasteiger partial charge >= 0.3 is 0 Å². The molecule has 0 aliphatic rings. The summed E-state index contributed by atoms with van der Waals surface area (Å²) < 4.78 is 0. The van der Waals surface area contributed by atoms with E-state index in [1.807, 2.05) is 42.5 Å². The van der Waals surface area contributed by atoms with Crippen molar-refractivity contribution < 1.29 is 4.92 Å². The summed E-state index contributed by atoms with van der Waals surface area (Å²) >= 11 is 0. The van der Waals surface area contributed by atoms with Gasteiger partial charge in [0.15, 0.2) is 0 Å². The third-order valence-electron chi connectivity index (χ3n) is 2.22. The van der Waals surface area contributed by atoms with E-state index < -0.39 is 6.04 Å². The van der Waals surface area contributed by atoms with Crippen LogP contribution in [-0.2, 0) is 0 Å². The van der Waals surface area contributed by atoms with Crippen molar-refractivity contribution in [2.45, 2.75) is 25.8 Å². The van der Waals surface area contributed by atoms with Crippen LogP contribution in [0, 0.1) is 10.1 Å². The van der Waals surface area contributed by atoms with E-state index in [4.69, 9.17) is 0 Å². The van der Waals surface area contributed by atoms with Gasteiger partial charge in [-0.05, 0) is 12.0 Å². The molecule has 0 aromatic heterocycles. The molecule has 0 aliphatic heterocycles. The molecule has 1 rings (SSSR count). The van der Waals surface area contributed by atoms with Crippen LogP contribution in [0.2, 0.25) is 0 Å². The molecule has 1 aromatic rings.